The molecule has 0 saturated heterocycles. The van der Waals surface area contributed by atoms with Crippen molar-refractivity contribution in [3.8, 4) is 12.3 Å². The average molecular weight is 505 g/mol. The molecule has 106 valence electrons. The second-order valence-corrected chi connectivity index (χ2v) is 3.99. The van der Waals surface area contributed by atoms with Gasteiger partial charge in [0.25, 0.3) is 0 Å². The molecule has 4 nitrogen and oxygen atoms in total. The van der Waals surface area contributed by atoms with Crippen molar-refractivity contribution in [3.63, 3.8) is 0 Å². The fourth-order valence-electron chi connectivity index (χ4n) is 1.59. The van der Waals surface area contributed by atoms with E-state index in [1.165, 1.54) is 0 Å². The molecular weight excluding hydrogens is 488 g/mol. The van der Waals surface area contributed by atoms with Crippen LogP contribution >= 0.6 is 0 Å². The Bertz CT molecular complexity index is 544. The molecule has 1 unspecified atom stereocenters. The summed E-state index contributed by atoms with van der Waals surface area (Å²) in [6, 6.07) is 10.1. The van der Waals surface area contributed by atoms with E-state index >= 15 is 0 Å². The first-order valence-electron chi connectivity index (χ1n) is 6.10. The monoisotopic (exact) mass is 505 g/mol. The minimum absolute atomic E-state index is 0. The van der Waals surface area contributed by atoms with E-state index in [0.717, 1.165) is 17.0 Å². The molecule has 2 rings (SSSR count). The molecule has 0 amide bonds. The van der Waals surface area contributed by atoms with Gasteiger partial charge in [-0.15, -0.1) is 12.1 Å². The van der Waals surface area contributed by atoms with Crippen LogP contribution in [0.15, 0.2) is 57.9 Å². The summed E-state index contributed by atoms with van der Waals surface area (Å²) >= 11 is 0. The van der Waals surface area contributed by atoms with Crippen molar-refractivity contribution in [1.29, 1.82) is 0 Å². The average Bonchev–Trinajstić information content (AvgIpc) is 2.47. The second-order valence-electron chi connectivity index (χ2n) is 3.99. The van der Waals surface area contributed by atoms with Gasteiger partial charge in [0, 0.05) is 13.0 Å². The molecule has 0 bridgehead atoms. The van der Waals surface area contributed by atoms with Gasteiger partial charge >= 0.3 is 31.1 Å². The molecule has 1 aromatic carbocycles. The van der Waals surface area contributed by atoms with Crippen molar-refractivity contribution in [3.05, 3.63) is 60.7 Å². The van der Waals surface area contributed by atoms with E-state index in [0.29, 0.717) is 13.0 Å². The van der Waals surface area contributed by atoms with Crippen LogP contribution in [-0.4, -0.2) is 17.8 Å². The van der Waals surface area contributed by atoms with Gasteiger partial charge in [0.2, 0.25) is 0 Å². The third kappa shape index (κ3) is 7.32. The van der Waals surface area contributed by atoms with Crippen molar-refractivity contribution in [2.24, 2.45) is 16.0 Å². The third-order valence-electron chi connectivity index (χ3n) is 2.51. The second kappa shape index (κ2) is 11.4. The molecule has 1 aliphatic carbocycles. The van der Waals surface area contributed by atoms with E-state index in [9.17, 15) is 5.11 Å². The molecule has 0 aliphatic heterocycles. The Balaban J connectivity index is 0.000000922. The van der Waals surface area contributed by atoms with Crippen molar-refractivity contribution in [1.82, 2.24) is 0 Å². The number of benzene rings is 1. The van der Waals surface area contributed by atoms with Gasteiger partial charge in [-0.1, -0.05) is 6.08 Å². The first-order chi connectivity index (χ1) is 9.71. The molecule has 1 aromatic rings. The molecule has 1 atom stereocenters. The van der Waals surface area contributed by atoms with Gasteiger partial charge in [0.15, 0.2) is 0 Å². The fourth-order valence-corrected chi connectivity index (χ4v) is 1.59. The van der Waals surface area contributed by atoms with Crippen LogP contribution in [0.3, 0.4) is 0 Å². The number of hydrogen-bond donors (Lipinski definition) is 2. The van der Waals surface area contributed by atoms with E-state index in [2.05, 4.69) is 29.6 Å². The Labute approximate surface area is 149 Å². The first kappa shape index (κ1) is 19.7. The Morgan fingerprint density at radius 3 is 2.62 bits per heavy atom. The first-order valence-corrected chi connectivity index (χ1v) is 6.10. The topological polar surface area (TPSA) is 71.0 Å². The molecule has 0 heterocycles. The molecule has 21 heavy (non-hydrogen) atoms. The van der Waals surface area contributed by atoms with Crippen molar-refractivity contribution >= 4 is 5.69 Å². The van der Waals surface area contributed by atoms with Gasteiger partial charge in [0.1, 0.15) is 0 Å². The van der Waals surface area contributed by atoms with Gasteiger partial charge < -0.3 is 23.2 Å². The maximum Gasteiger partial charge on any atom is 2.00 e. The fraction of sp³-hybridized carbons (Fsp3) is 0.188. The number of aliphatic hydroxyl groups excluding tert-OH is 1. The van der Waals surface area contributed by atoms with E-state index in [1.807, 2.05) is 18.1 Å². The van der Waals surface area contributed by atoms with Crippen LogP contribution < -0.4 is 5.73 Å². The molecule has 0 saturated carbocycles. The smallest absolute Gasteiger partial charge is 0.389 e. The summed E-state index contributed by atoms with van der Waals surface area (Å²) in [4.78, 5) is 0. The number of terminal acetylenes is 1. The summed E-state index contributed by atoms with van der Waals surface area (Å²) in [7, 11) is 0. The van der Waals surface area contributed by atoms with Crippen LogP contribution in [0.25, 0.3) is 0 Å². The number of azo groups is 1. The zero-order chi connectivity index (χ0) is 14.8. The number of allylic oxidation sites excluding steroid dienone is 1. The third-order valence-corrected chi connectivity index (χ3v) is 2.51. The normalized spacial score (nSPS) is 16.7. The number of nitrogens with two attached hydrogens (primary N) is 1. The summed E-state index contributed by atoms with van der Waals surface area (Å²) in [5, 5.41) is 17.7. The SMILES string of the molecule is C#C[CH2-].NCC1=C(N=Nc2cc[c-]cc2)C=CC(O)C1.[U+2]. The Morgan fingerprint density at radius 2 is 2.05 bits per heavy atom. The minimum Gasteiger partial charge on any atom is -0.389 e. The minimum atomic E-state index is -0.459. The summed E-state index contributed by atoms with van der Waals surface area (Å²) < 4.78 is 0. The van der Waals surface area contributed by atoms with Crippen molar-refractivity contribution < 1.29 is 36.2 Å². The van der Waals surface area contributed by atoms with Gasteiger partial charge in [-0.2, -0.15) is 35.4 Å². The predicted molar refractivity (Wildman–Crippen MR) is 79.8 cm³/mol. The zero-order valence-corrected chi connectivity index (χ0v) is 15.8. The van der Waals surface area contributed by atoms with Crippen molar-refractivity contribution in [2.45, 2.75) is 12.5 Å². The number of rotatable bonds is 3. The summed E-state index contributed by atoms with van der Waals surface area (Å²) in [5.74, 6) is 2.00. The largest absolute Gasteiger partial charge is 2.00 e. The molecule has 3 N–H and O–H groups in total. The Hall–Kier alpha value is -1.30. The van der Waals surface area contributed by atoms with Crippen LogP contribution in [-0.2, 0) is 0 Å². The van der Waals surface area contributed by atoms with E-state index < -0.39 is 6.10 Å². The maximum absolute atomic E-state index is 9.46. The predicted octanol–water partition coefficient (Wildman–Crippen LogP) is 2.56. The van der Waals surface area contributed by atoms with E-state index in [1.54, 1.807) is 24.3 Å². The zero-order valence-electron chi connectivity index (χ0n) is 11.7. The molecule has 0 spiro atoms. The number of hydrogen-bond acceptors (Lipinski definition) is 4. The van der Waals surface area contributed by atoms with Crippen LogP contribution in [0.2, 0.25) is 0 Å². The van der Waals surface area contributed by atoms with Crippen LogP contribution in [0.4, 0.5) is 5.69 Å². The van der Waals surface area contributed by atoms with Crippen LogP contribution in [0.5, 0.6) is 0 Å². The van der Waals surface area contributed by atoms with E-state index in [4.69, 9.17) is 5.73 Å². The van der Waals surface area contributed by atoms with E-state index in [-0.39, 0.29) is 31.1 Å². The summed E-state index contributed by atoms with van der Waals surface area (Å²) in [6.07, 6.45) is 8.02. The number of aliphatic hydroxyl groups is 1. The summed E-state index contributed by atoms with van der Waals surface area (Å²) in [6.45, 7) is 3.40. The van der Waals surface area contributed by atoms with Gasteiger partial charge in [-0.3, -0.25) is 0 Å². The molecular formula is C16H17N3OU. The van der Waals surface area contributed by atoms with Crippen LogP contribution in [0, 0.1) is 56.4 Å². The van der Waals surface area contributed by atoms with Gasteiger partial charge in [0.05, 0.1) is 11.8 Å². The Kier molecular flexibility index (Phi) is 10.7. The van der Waals surface area contributed by atoms with Gasteiger partial charge in [-0.25, -0.2) is 0 Å². The quantitative estimate of drug-likeness (QED) is 0.377. The standard InChI is InChI=1S/C13H14N3O.C3H3.U/c14-9-10-8-12(17)6-7-13(10)16-15-11-4-2-1-3-5-11;1-3-2;/h2-7,12,17H,8-9,14H2;1H,2H2;/q2*-1;+2. The molecule has 0 aromatic heterocycles. The molecule has 0 radical (unpaired) electrons. The molecule has 1 aliphatic rings. The molecule has 0 fully saturated rings. The Morgan fingerprint density at radius 1 is 1.43 bits per heavy atom. The summed E-state index contributed by atoms with van der Waals surface area (Å²) in [5.41, 5.74) is 8.05. The maximum atomic E-state index is 9.46. The molecule has 5 heteroatoms. The number of nitrogens with zero attached hydrogens (tertiary/aromatic N) is 2. The van der Waals surface area contributed by atoms with Gasteiger partial charge in [-0.05, 0) is 17.3 Å². The van der Waals surface area contributed by atoms with Crippen LogP contribution in [0.1, 0.15) is 6.42 Å². The van der Waals surface area contributed by atoms with Crippen molar-refractivity contribution in [2.75, 3.05) is 6.54 Å².